The van der Waals surface area contributed by atoms with Gasteiger partial charge in [-0.15, -0.1) is 0 Å². The van der Waals surface area contributed by atoms with Gasteiger partial charge in [0.1, 0.15) is 5.75 Å². The molecule has 0 unspecified atom stereocenters. The molecule has 1 amide bonds. The number of aryl methyl sites for hydroxylation is 3. The zero-order valence-corrected chi connectivity index (χ0v) is 17.7. The summed E-state index contributed by atoms with van der Waals surface area (Å²) in [5.74, 6) is 0.340. The Bertz CT molecular complexity index is 1210. The van der Waals surface area contributed by atoms with Crippen molar-refractivity contribution in [1.82, 2.24) is 14.8 Å². The van der Waals surface area contributed by atoms with Gasteiger partial charge in [-0.1, -0.05) is 29.8 Å². The SMILES string of the molecule is Cc1cc(OCC(=O)Nc2cnc3c(c2)c(C)nn3-c2ccccc2)cc(C)c1Cl. The van der Waals surface area contributed by atoms with Crippen molar-refractivity contribution in [3.8, 4) is 11.4 Å². The second kappa shape index (κ2) is 8.16. The summed E-state index contributed by atoms with van der Waals surface area (Å²) in [4.78, 5) is 16.9. The van der Waals surface area contributed by atoms with Gasteiger partial charge >= 0.3 is 0 Å². The predicted octanol–water partition coefficient (Wildman–Crippen LogP) is 5.02. The normalized spacial score (nSPS) is 10.9. The van der Waals surface area contributed by atoms with E-state index in [-0.39, 0.29) is 12.5 Å². The minimum atomic E-state index is -0.269. The number of hydrogen-bond donors (Lipinski definition) is 1. The van der Waals surface area contributed by atoms with E-state index in [0.29, 0.717) is 16.5 Å². The first kappa shape index (κ1) is 19.9. The Kier molecular flexibility index (Phi) is 5.42. The van der Waals surface area contributed by atoms with Crippen LogP contribution in [0.15, 0.2) is 54.7 Å². The number of anilines is 1. The number of ether oxygens (including phenoxy) is 1. The van der Waals surface area contributed by atoms with Crippen LogP contribution in [0.25, 0.3) is 16.7 Å². The van der Waals surface area contributed by atoms with E-state index < -0.39 is 0 Å². The van der Waals surface area contributed by atoms with Gasteiger partial charge in [0.15, 0.2) is 12.3 Å². The maximum Gasteiger partial charge on any atom is 0.262 e. The highest BCUT2D eigenvalue weighted by Crippen LogP contribution is 2.26. The summed E-state index contributed by atoms with van der Waals surface area (Å²) < 4.78 is 7.42. The lowest BCUT2D eigenvalue weighted by Gasteiger charge is -2.10. The Balaban J connectivity index is 1.49. The van der Waals surface area contributed by atoms with Gasteiger partial charge in [-0.05, 0) is 62.2 Å². The number of hydrogen-bond acceptors (Lipinski definition) is 4. The largest absolute Gasteiger partial charge is 0.484 e. The van der Waals surface area contributed by atoms with Crippen molar-refractivity contribution in [1.29, 1.82) is 0 Å². The number of carbonyl (C=O) groups is 1. The highest BCUT2D eigenvalue weighted by Gasteiger charge is 2.13. The Labute approximate surface area is 179 Å². The molecular weight excluding hydrogens is 400 g/mol. The molecule has 2 aromatic heterocycles. The van der Waals surface area contributed by atoms with Gasteiger partial charge in [0, 0.05) is 10.4 Å². The van der Waals surface area contributed by atoms with E-state index in [1.165, 1.54) is 0 Å². The van der Waals surface area contributed by atoms with Crippen LogP contribution in [0.2, 0.25) is 5.02 Å². The standard InChI is InChI=1S/C23H21ClN4O2/c1-14-9-19(10-15(2)22(14)24)30-13-21(29)26-17-11-20-16(3)27-28(23(20)25-12-17)18-7-5-4-6-8-18/h4-12H,13H2,1-3H3,(H,26,29). The van der Waals surface area contributed by atoms with E-state index >= 15 is 0 Å². The van der Waals surface area contributed by atoms with Crippen LogP contribution in [-0.2, 0) is 4.79 Å². The molecule has 1 N–H and O–H groups in total. The molecule has 0 fully saturated rings. The Morgan fingerprint density at radius 3 is 2.50 bits per heavy atom. The molecule has 0 radical (unpaired) electrons. The Hall–Kier alpha value is -3.38. The average molecular weight is 421 g/mol. The van der Waals surface area contributed by atoms with Crippen molar-refractivity contribution < 1.29 is 9.53 Å². The summed E-state index contributed by atoms with van der Waals surface area (Å²) in [7, 11) is 0. The molecule has 0 saturated carbocycles. The molecule has 0 aliphatic heterocycles. The molecule has 7 heteroatoms. The number of amides is 1. The maximum atomic E-state index is 12.4. The lowest BCUT2D eigenvalue weighted by atomic mass is 10.1. The van der Waals surface area contributed by atoms with Crippen LogP contribution >= 0.6 is 11.6 Å². The Morgan fingerprint density at radius 1 is 1.10 bits per heavy atom. The molecule has 0 saturated heterocycles. The van der Waals surface area contributed by atoms with Crippen molar-refractivity contribution in [2.24, 2.45) is 0 Å². The topological polar surface area (TPSA) is 69.0 Å². The minimum Gasteiger partial charge on any atom is -0.484 e. The highest BCUT2D eigenvalue weighted by atomic mass is 35.5. The highest BCUT2D eigenvalue weighted by molar-refractivity contribution is 6.32. The van der Waals surface area contributed by atoms with Crippen LogP contribution in [0.1, 0.15) is 16.8 Å². The van der Waals surface area contributed by atoms with E-state index in [1.807, 2.05) is 69.3 Å². The molecule has 2 heterocycles. The second-order valence-electron chi connectivity index (χ2n) is 7.14. The summed E-state index contributed by atoms with van der Waals surface area (Å²) in [5.41, 5.74) is 4.92. The smallest absolute Gasteiger partial charge is 0.262 e. The fraction of sp³-hybridized carbons (Fsp3) is 0.174. The number of fused-ring (bicyclic) bond motifs is 1. The first-order chi connectivity index (χ1) is 14.4. The summed E-state index contributed by atoms with van der Waals surface area (Å²) in [6, 6.07) is 15.3. The molecular formula is C23H21ClN4O2. The van der Waals surface area contributed by atoms with Crippen molar-refractivity contribution in [3.63, 3.8) is 0 Å². The number of carbonyl (C=O) groups excluding carboxylic acids is 1. The van der Waals surface area contributed by atoms with Crippen LogP contribution in [0.5, 0.6) is 5.75 Å². The van der Waals surface area contributed by atoms with Gasteiger partial charge in [-0.2, -0.15) is 5.10 Å². The molecule has 0 bridgehead atoms. The molecule has 0 aliphatic rings. The molecule has 30 heavy (non-hydrogen) atoms. The third kappa shape index (κ3) is 4.00. The summed E-state index contributed by atoms with van der Waals surface area (Å²) in [5, 5.41) is 9.00. The molecule has 0 spiro atoms. The molecule has 152 valence electrons. The van der Waals surface area contributed by atoms with Crippen LogP contribution in [0.3, 0.4) is 0 Å². The quantitative estimate of drug-likeness (QED) is 0.492. The second-order valence-corrected chi connectivity index (χ2v) is 7.51. The number of halogens is 1. The fourth-order valence-corrected chi connectivity index (χ4v) is 3.41. The number of benzene rings is 2. The summed E-state index contributed by atoms with van der Waals surface area (Å²) >= 11 is 6.17. The molecule has 2 aromatic carbocycles. The number of nitrogens with one attached hydrogen (secondary N) is 1. The summed E-state index contributed by atoms with van der Waals surface area (Å²) in [6.45, 7) is 5.62. The van der Waals surface area contributed by atoms with Crippen LogP contribution in [-0.4, -0.2) is 27.3 Å². The van der Waals surface area contributed by atoms with E-state index in [9.17, 15) is 4.79 Å². The van der Waals surface area contributed by atoms with Crippen molar-refractivity contribution in [2.45, 2.75) is 20.8 Å². The number of rotatable bonds is 5. The van der Waals surface area contributed by atoms with Crippen molar-refractivity contribution in [2.75, 3.05) is 11.9 Å². The van der Waals surface area contributed by atoms with Crippen molar-refractivity contribution >= 4 is 34.2 Å². The van der Waals surface area contributed by atoms with Gasteiger partial charge in [0.2, 0.25) is 0 Å². The zero-order valence-electron chi connectivity index (χ0n) is 16.9. The first-order valence-electron chi connectivity index (χ1n) is 9.52. The summed E-state index contributed by atoms with van der Waals surface area (Å²) in [6.07, 6.45) is 1.62. The Morgan fingerprint density at radius 2 is 1.80 bits per heavy atom. The van der Waals surface area contributed by atoms with E-state index in [1.54, 1.807) is 10.9 Å². The first-order valence-corrected chi connectivity index (χ1v) is 9.90. The van der Waals surface area contributed by atoms with Crippen LogP contribution in [0, 0.1) is 20.8 Å². The molecule has 0 aliphatic carbocycles. The number of pyridine rings is 1. The number of para-hydroxylation sites is 1. The predicted molar refractivity (Wildman–Crippen MR) is 119 cm³/mol. The van der Waals surface area contributed by atoms with Crippen LogP contribution in [0.4, 0.5) is 5.69 Å². The zero-order chi connectivity index (χ0) is 21.3. The fourth-order valence-electron chi connectivity index (χ4n) is 3.30. The lowest BCUT2D eigenvalue weighted by molar-refractivity contribution is -0.118. The van der Waals surface area contributed by atoms with Gasteiger partial charge in [-0.3, -0.25) is 4.79 Å². The number of nitrogens with zero attached hydrogens (tertiary/aromatic N) is 3. The van der Waals surface area contributed by atoms with E-state index in [4.69, 9.17) is 16.3 Å². The minimum absolute atomic E-state index is 0.110. The van der Waals surface area contributed by atoms with E-state index in [0.717, 1.165) is 33.5 Å². The maximum absolute atomic E-state index is 12.4. The molecule has 4 aromatic rings. The van der Waals surface area contributed by atoms with Gasteiger partial charge in [0.05, 0.1) is 23.3 Å². The van der Waals surface area contributed by atoms with Gasteiger partial charge in [-0.25, -0.2) is 9.67 Å². The lowest BCUT2D eigenvalue weighted by Crippen LogP contribution is -2.20. The van der Waals surface area contributed by atoms with Crippen LogP contribution < -0.4 is 10.1 Å². The van der Waals surface area contributed by atoms with Gasteiger partial charge in [0.25, 0.3) is 5.91 Å². The third-order valence-electron chi connectivity index (χ3n) is 4.77. The van der Waals surface area contributed by atoms with Gasteiger partial charge < -0.3 is 10.1 Å². The third-order valence-corrected chi connectivity index (χ3v) is 5.37. The molecule has 0 atom stereocenters. The van der Waals surface area contributed by atoms with E-state index in [2.05, 4.69) is 15.4 Å². The monoisotopic (exact) mass is 420 g/mol. The average Bonchev–Trinajstić information content (AvgIpc) is 3.07. The molecule has 6 nitrogen and oxygen atoms in total. The van der Waals surface area contributed by atoms with Crippen molar-refractivity contribution in [3.05, 3.63) is 76.6 Å². The number of aromatic nitrogens is 3. The molecule has 4 rings (SSSR count).